The van der Waals surface area contributed by atoms with Gasteiger partial charge >= 0.3 is 0 Å². The van der Waals surface area contributed by atoms with Crippen molar-refractivity contribution in [1.29, 1.82) is 0 Å². The molecule has 0 spiro atoms. The molecule has 1 heterocycles. The van der Waals surface area contributed by atoms with Gasteiger partial charge in [-0.3, -0.25) is 0 Å². The number of ether oxygens (including phenoxy) is 3. The third-order valence-electron chi connectivity index (χ3n) is 3.18. The van der Waals surface area contributed by atoms with Crippen LogP contribution < -0.4 is 19.5 Å². The molecule has 0 atom stereocenters. The number of benzene rings is 1. The molecule has 0 radical (unpaired) electrons. The SMILES string of the molecule is COc1cc(CNCCc2cnc[nH]2)cc(OC)c1OC. The summed E-state index contributed by atoms with van der Waals surface area (Å²) in [7, 11) is 4.84. The highest BCUT2D eigenvalue weighted by Gasteiger charge is 2.12. The Labute approximate surface area is 124 Å². The molecule has 2 rings (SSSR count). The van der Waals surface area contributed by atoms with Gasteiger partial charge in [0.25, 0.3) is 0 Å². The molecule has 6 heteroatoms. The van der Waals surface area contributed by atoms with Gasteiger partial charge in [-0.2, -0.15) is 0 Å². The van der Waals surface area contributed by atoms with E-state index >= 15 is 0 Å². The van der Waals surface area contributed by atoms with Gasteiger partial charge in [0, 0.05) is 31.4 Å². The van der Waals surface area contributed by atoms with Gasteiger partial charge in [0.1, 0.15) is 0 Å². The Morgan fingerprint density at radius 1 is 1.10 bits per heavy atom. The number of rotatable bonds is 8. The maximum absolute atomic E-state index is 5.34. The third-order valence-corrected chi connectivity index (χ3v) is 3.18. The van der Waals surface area contributed by atoms with Gasteiger partial charge in [-0.15, -0.1) is 0 Å². The van der Waals surface area contributed by atoms with E-state index in [0.717, 1.165) is 30.8 Å². The predicted molar refractivity (Wildman–Crippen MR) is 80.1 cm³/mol. The molecule has 0 aliphatic heterocycles. The van der Waals surface area contributed by atoms with Gasteiger partial charge in [-0.25, -0.2) is 4.98 Å². The zero-order valence-electron chi connectivity index (χ0n) is 12.6. The van der Waals surface area contributed by atoms with Gasteiger partial charge in [-0.1, -0.05) is 0 Å². The van der Waals surface area contributed by atoms with Crippen molar-refractivity contribution in [2.45, 2.75) is 13.0 Å². The van der Waals surface area contributed by atoms with E-state index < -0.39 is 0 Å². The number of methoxy groups -OCH3 is 3. The first-order valence-electron chi connectivity index (χ1n) is 6.75. The fourth-order valence-electron chi connectivity index (χ4n) is 2.11. The summed E-state index contributed by atoms with van der Waals surface area (Å²) in [5.41, 5.74) is 2.20. The molecule has 0 aliphatic rings. The fraction of sp³-hybridized carbons (Fsp3) is 0.400. The molecule has 21 heavy (non-hydrogen) atoms. The predicted octanol–water partition coefficient (Wildman–Crippen LogP) is 1.77. The van der Waals surface area contributed by atoms with Crippen molar-refractivity contribution in [3.8, 4) is 17.2 Å². The number of aromatic nitrogens is 2. The summed E-state index contributed by atoms with van der Waals surface area (Å²) in [6.07, 6.45) is 4.43. The maximum Gasteiger partial charge on any atom is 0.203 e. The van der Waals surface area contributed by atoms with Gasteiger partial charge in [0.2, 0.25) is 5.75 Å². The molecule has 1 aromatic heterocycles. The largest absolute Gasteiger partial charge is 0.493 e. The smallest absolute Gasteiger partial charge is 0.203 e. The summed E-state index contributed by atoms with van der Waals surface area (Å²) in [4.78, 5) is 7.07. The molecule has 0 bridgehead atoms. The molecule has 0 fully saturated rings. The van der Waals surface area contributed by atoms with E-state index in [9.17, 15) is 0 Å². The molecular formula is C15H21N3O3. The highest BCUT2D eigenvalue weighted by molar-refractivity contribution is 5.53. The number of nitrogens with zero attached hydrogens (tertiary/aromatic N) is 1. The van der Waals surface area contributed by atoms with Crippen LogP contribution in [0.2, 0.25) is 0 Å². The van der Waals surface area contributed by atoms with E-state index in [1.165, 1.54) is 0 Å². The number of H-pyrrole nitrogens is 1. The average molecular weight is 291 g/mol. The van der Waals surface area contributed by atoms with Gasteiger partial charge in [-0.05, 0) is 17.7 Å². The van der Waals surface area contributed by atoms with Crippen molar-refractivity contribution in [2.75, 3.05) is 27.9 Å². The second kappa shape index (κ2) is 7.54. The zero-order chi connectivity index (χ0) is 15.1. The molecule has 0 saturated heterocycles. The molecule has 114 valence electrons. The number of aromatic amines is 1. The van der Waals surface area contributed by atoms with Crippen molar-refractivity contribution in [1.82, 2.24) is 15.3 Å². The lowest BCUT2D eigenvalue weighted by atomic mass is 10.1. The zero-order valence-corrected chi connectivity index (χ0v) is 12.6. The molecule has 0 amide bonds. The lowest BCUT2D eigenvalue weighted by Crippen LogP contribution is -2.17. The maximum atomic E-state index is 5.34. The standard InChI is InChI=1S/C15H21N3O3/c1-19-13-6-11(7-14(20-2)15(13)21-3)8-16-5-4-12-9-17-10-18-12/h6-7,9-10,16H,4-5,8H2,1-3H3,(H,17,18). The third kappa shape index (κ3) is 3.88. The normalized spacial score (nSPS) is 10.4. The van der Waals surface area contributed by atoms with E-state index in [0.29, 0.717) is 17.2 Å². The fourth-order valence-corrected chi connectivity index (χ4v) is 2.11. The number of nitrogens with one attached hydrogen (secondary N) is 2. The molecule has 1 aromatic carbocycles. The molecule has 6 nitrogen and oxygen atoms in total. The summed E-state index contributed by atoms with van der Waals surface area (Å²) in [5, 5.41) is 3.38. The Bertz CT molecular complexity index is 530. The van der Waals surface area contributed by atoms with Crippen LogP contribution >= 0.6 is 0 Å². The molecule has 2 N–H and O–H groups in total. The lowest BCUT2D eigenvalue weighted by molar-refractivity contribution is 0.323. The summed E-state index contributed by atoms with van der Waals surface area (Å²) >= 11 is 0. The van der Waals surface area contributed by atoms with Crippen LogP contribution in [0.15, 0.2) is 24.7 Å². The van der Waals surface area contributed by atoms with Crippen LogP contribution in [0, 0.1) is 0 Å². The Morgan fingerprint density at radius 2 is 1.81 bits per heavy atom. The Morgan fingerprint density at radius 3 is 2.33 bits per heavy atom. The molecule has 0 aliphatic carbocycles. The van der Waals surface area contributed by atoms with Crippen LogP contribution in [0.1, 0.15) is 11.3 Å². The summed E-state index contributed by atoms with van der Waals surface area (Å²) in [6.45, 7) is 1.59. The van der Waals surface area contributed by atoms with Crippen LogP contribution in [0.5, 0.6) is 17.2 Å². The van der Waals surface area contributed by atoms with E-state index in [-0.39, 0.29) is 0 Å². The average Bonchev–Trinajstić information content (AvgIpc) is 3.03. The Hall–Kier alpha value is -2.21. The van der Waals surface area contributed by atoms with Crippen LogP contribution in [0.25, 0.3) is 0 Å². The summed E-state index contributed by atoms with van der Waals surface area (Å²) < 4.78 is 16.0. The lowest BCUT2D eigenvalue weighted by Gasteiger charge is -2.14. The number of imidazole rings is 1. The number of hydrogen-bond acceptors (Lipinski definition) is 5. The van der Waals surface area contributed by atoms with Gasteiger partial charge in [0.05, 0.1) is 27.7 Å². The first kappa shape index (κ1) is 15.2. The van der Waals surface area contributed by atoms with Crippen molar-refractivity contribution >= 4 is 0 Å². The van der Waals surface area contributed by atoms with E-state index in [4.69, 9.17) is 14.2 Å². The highest BCUT2D eigenvalue weighted by atomic mass is 16.5. The van der Waals surface area contributed by atoms with Crippen LogP contribution in [-0.4, -0.2) is 37.8 Å². The highest BCUT2D eigenvalue weighted by Crippen LogP contribution is 2.38. The first-order chi connectivity index (χ1) is 10.3. The molecular weight excluding hydrogens is 270 g/mol. The number of hydrogen-bond donors (Lipinski definition) is 2. The second-order valence-electron chi connectivity index (χ2n) is 4.54. The quantitative estimate of drug-likeness (QED) is 0.725. The van der Waals surface area contributed by atoms with Crippen molar-refractivity contribution in [3.05, 3.63) is 35.9 Å². The topological polar surface area (TPSA) is 68.4 Å². The minimum Gasteiger partial charge on any atom is -0.493 e. The van der Waals surface area contributed by atoms with Crippen LogP contribution in [0.4, 0.5) is 0 Å². The van der Waals surface area contributed by atoms with E-state index in [2.05, 4.69) is 15.3 Å². The minimum atomic E-state index is 0.612. The Balaban J connectivity index is 1.96. The Kier molecular flexibility index (Phi) is 5.45. The van der Waals surface area contributed by atoms with Crippen molar-refractivity contribution < 1.29 is 14.2 Å². The van der Waals surface area contributed by atoms with Crippen molar-refractivity contribution in [2.24, 2.45) is 0 Å². The minimum absolute atomic E-state index is 0.612. The molecule has 2 aromatic rings. The summed E-state index contributed by atoms with van der Waals surface area (Å²) in [5.74, 6) is 1.95. The van der Waals surface area contributed by atoms with Crippen LogP contribution in [0.3, 0.4) is 0 Å². The monoisotopic (exact) mass is 291 g/mol. The van der Waals surface area contributed by atoms with E-state index in [1.54, 1.807) is 27.7 Å². The van der Waals surface area contributed by atoms with Gasteiger partial charge < -0.3 is 24.5 Å². The molecule has 0 unspecified atom stereocenters. The first-order valence-corrected chi connectivity index (χ1v) is 6.75. The molecule has 0 saturated carbocycles. The van der Waals surface area contributed by atoms with E-state index in [1.807, 2.05) is 18.3 Å². The van der Waals surface area contributed by atoms with Crippen molar-refractivity contribution in [3.63, 3.8) is 0 Å². The second-order valence-corrected chi connectivity index (χ2v) is 4.54. The van der Waals surface area contributed by atoms with Crippen LogP contribution in [-0.2, 0) is 13.0 Å². The van der Waals surface area contributed by atoms with Gasteiger partial charge in [0.15, 0.2) is 11.5 Å². The summed E-state index contributed by atoms with van der Waals surface area (Å²) in [6, 6.07) is 3.90.